The van der Waals surface area contributed by atoms with E-state index in [2.05, 4.69) is 17.1 Å². The number of hydrogen-bond acceptors (Lipinski definition) is 2. The largest absolute Gasteiger partial charge is 0.361 e. The summed E-state index contributed by atoms with van der Waals surface area (Å²) in [6.07, 6.45) is 6.24. The van der Waals surface area contributed by atoms with Gasteiger partial charge < -0.3 is 4.98 Å². The number of allylic oxidation sites excluding steroid dienone is 2. The van der Waals surface area contributed by atoms with Crippen LogP contribution in [0.4, 0.5) is 0 Å². The molecule has 1 aromatic heterocycles. The van der Waals surface area contributed by atoms with E-state index in [-0.39, 0.29) is 23.7 Å². The van der Waals surface area contributed by atoms with Gasteiger partial charge in [-0.25, -0.2) is 0 Å². The van der Waals surface area contributed by atoms with Crippen LogP contribution >= 0.6 is 0 Å². The number of nitrogens with zero attached hydrogens (tertiary/aromatic N) is 1. The summed E-state index contributed by atoms with van der Waals surface area (Å²) in [6.45, 7) is 2.52. The van der Waals surface area contributed by atoms with Gasteiger partial charge in [0, 0.05) is 23.6 Å². The molecule has 118 valence electrons. The first-order chi connectivity index (χ1) is 11.1. The minimum absolute atomic E-state index is 0.0172. The van der Waals surface area contributed by atoms with Crippen LogP contribution < -0.4 is 0 Å². The van der Waals surface area contributed by atoms with Gasteiger partial charge in [0.05, 0.1) is 11.8 Å². The molecule has 1 aliphatic carbocycles. The van der Waals surface area contributed by atoms with E-state index >= 15 is 0 Å². The first kappa shape index (κ1) is 14.2. The van der Waals surface area contributed by atoms with E-state index in [1.54, 1.807) is 0 Å². The number of aromatic amines is 1. The number of hydrogen-bond donors (Lipinski definition) is 1. The maximum atomic E-state index is 12.6. The van der Waals surface area contributed by atoms with Crippen molar-refractivity contribution < 1.29 is 9.59 Å². The molecule has 1 aliphatic heterocycles. The Hall–Kier alpha value is -2.36. The van der Waals surface area contributed by atoms with Gasteiger partial charge in [-0.1, -0.05) is 29.8 Å². The van der Waals surface area contributed by atoms with Gasteiger partial charge in [0.1, 0.15) is 0 Å². The van der Waals surface area contributed by atoms with E-state index in [0.717, 1.165) is 17.5 Å². The smallest absolute Gasteiger partial charge is 0.233 e. The zero-order valence-corrected chi connectivity index (χ0v) is 13.2. The molecule has 1 N–H and O–H groups in total. The Kier molecular flexibility index (Phi) is 3.33. The number of amides is 2. The molecule has 23 heavy (non-hydrogen) atoms. The third-order valence-corrected chi connectivity index (χ3v) is 5.19. The molecule has 2 aliphatic rings. The first-order valence-electron chi connectivity index (χ1n) is 8.21. The summed E-state index contributed by atoms with van der Waals surface area (Å²) < 4.78 is 0. The molecule has 2 aromatic rings. The molecule has 0 unspecified atom stereocenters. The molecule has 0 radical (unpaired) electrons. The standard InChI is InChI=1S/C19H20N2O2/c1-12-6-7-15-16(10-12)19(23)21(18(15)22)9-8-13-11-20-17-5-3-2-4-14(13)17/h2-6,11,15-16,20H,7-10H2,1H3/t15-,16-/m0/s1. The molecule has 4 nitrogen and oxygen atoms in total. The van der Waals surface area contributed by atoms with Crippen LogP contribution in [0.2, 0.25) is 0 Å². The van der Waals surface area contributed by atoms with Crippen molar-refractivity contribution in [1.82, 2.24) is 9.88 Å². The van der Waals surface area contributed by atoms with E-state index in [0.29, 0.717) is 19.4 Å². The van der Waals surface area contributed by atoms with E-state index < -0.39 is 0 Å². The lowest BCUT2D eigenvalue weighted by Crippen LogP contribution is -2.33. The Morgan fingerprint density at radius 3 is 2.83 bits per heavy atom. The van der Waals surface area contributed by atoms with Crippen LogP contribution in [0.1, 0.15) is 25.3 Å². The number of carbonyl (C=O) groups excluding carboxylic acids is 2. The SMILES string of the molecule is CC1=CC[C@@H]2C(=O)N(CCc3c[nH]c4ccccc34)C(=O)[C@H]2C1. The van der Waals surface area contributed by atoms with E-state index in [9.17, 15) is 9.59 Å². The molecule has 1 aromatic carbocycles. The predicted octanol–water partition coefficient (Wildman–Crippen LogP) is 3.05. The third kappa shape index (κ3) is 2.29. The highest BCUT2D eigenvalue weighted by molar-refractivity contribution is 6.05. The Balaban J connectivity index is 1.51. The molecular weight excluding hydrogens is 288 g/mol. The molecule has 1 saturated heterocycles. The number of imide groups is 1. The Morgan fingerprint density at radius 2 is 1.96 bits per heavy atom. The highest BCUT2D eigenvalue weighted by Gasteiger charge is 2.47. The second-order valence-corrected chi connectivity index (χ2v) is 6.64. The van der Waals surface area contributed by atoms with Gasteiger partial charge in [-0.05, 0) is 37.8 Å². The molecule has 2 amide bonds. The van der Waals surface area contributed by atoms with Crippen molar-refractivity contribution in [3.05, 3.63) is 47.7 Å². The minimum Gasteiger partial charge on any atom is -0.361 e. The van der Waals surface area contributed by atoms with Crippen LogP contribution in [0, 0.1) is 11.8 Å². The fourth-order valence-corrected chi connectivity index (χ4v) is 3.90. The highest BCUT2D eigenvalue weighted by atomic mass is 16.2. The Morgan fingerprint density at radius 1 is 1.17 bits per heavy atom. The fourth-order valence-electron chi connectivity index (χ4n) is 3.90. The number of fused-ring (bicyclic) bond motifs is 2. The lowest BCUT2D eigenvalue weighted by atomic mass is 9.82. The third-order valence-electron chi connectivity index (χ3n) is 5.19. The average molecular weight is 308 g/mol. The van der Waals surface area contributed by atoms with Crippen molar-refractivity contribution in [2.75, 3.05) is 6.54 Å². The van der Waals surface area contributed by atoms with Gasteiger partial charge in [-0.2, -0.15) is 0 Å². The molecule has 0 saturated carbocycles. The fraction of sp³-hybridized carbons (Fsp3) is 0.368. The lowest BCUT2D eigenvalue weighted by molar-refractivity contribution is -0.139. The van der Waals surface area contributed by atoms with Crippen LogP contribution in [-0.4, -0.2) is 28.2 Å². The first-order valence-corrected chi connectivity index (χ1v) is 8.21. The minimum atomic E-state index is -0.130. The summed E-state index contributed by atoms with van der Waals surface area (Å²) in [7, 11) is 0. The molecule has 0 spiro atoms. The van der Waals surface area contributed by atoms with E-state index in [1.165, 1.54) is 15.9 Å². The molecule has 4 rings (SSSR count). The molecule has 4 heteroatoms. The second-order valence-electron chi connectivity index (χ2n) is 6.64. The zero-order valence-electron chi connectivity index (χ0n) is 13.2. The van der Waals surface area contributed by atoms with Gasteiger partial charge in [0.25, 0.3) is 0 Å². The molecule has 2 atom stereocenters. The van der Waals surface area contributed by atoms with Crippen LogP contribution in [-0.2, 0) is 16.0 Å². The number of nitrogens with one attached hydrogen (secondary N) is 1. The number of aromatic nitrogens is 1. The quantitative estimate of drug-likeness (QED) is 0.700. The zero-order chi connectivity index (χ0) is 16.0. The van der Waals surface area contributed by atoms with Gasteiger partial charge in [-0.3, -0.25) is 14.5 Å². The van der Waals surface area contributed by atoms with Crippen LogP contribution in [0.5, 0.6) is 0 Å². The van der Waals surface area contributed by atoms with Crippen molar-refractivity contribution in [3.8, 4) is 0 Å². The summed E-state index contributed by atoms with van der Waals surface area (Å²) in [4.78, 5) is 29.9. The summed E-state index contributed by atoms with van der Waals surface area (Å²) >= 11 is 0. The summed E-state index contributed by atoms with van der Waals surface area (Å²) in [5.74, 6) is -0.222. The molecular formula is C19H20N2O2. The van der Waals surface area contributed by atoms with Crippen LogP contribution in [0.3, 0.4) is 0 Å². The highest BCUT2D eigenvalue weighted by Crippen LogP contribution is 2.37. The topological polar surface area (TPSA) is 53.2 Å². The van der Waals surface area contributed by atoms with Crippen molar-refractivity contribution in [1.29, 1.82) is 0 Å². The summed E-state index contributed by atoms with van der Waals surface area (Å²) in [5.41, 5.74) is 3.48. The number of H-pyrrole nitrogens is 1. The van der Waals surface area contributed by atoms with Crippen molar-refractivity contribution in [2.24, 2.45) is 11.8 Å². The average Bonchev–Trinajstić information content (AvgIpc) is 3.06. The second kappa shape index (κ2) is 5.37. The van der Waals surface area contributed by atoms with Crippen LogP contribution in [0.15, 0.2) is 42.1 Å². The lowest BCUT2D eigenvalue weighted by Gasteiger charge is -2.19. The van der Waals surface area contributed by atoms with E-state index in [1.807, 2.05) is 31.3 Å². The van der Waals surface area contributed by atoms with Crippen molar-refractivity contribution in [3.63, 3.8) is 0 Å². The summed E-state index contributed by atoms with van der Waals surface area (Å²) in [5, 5.41) is 1.17. The van der Waals surface area contributed by atoms with Crippen LogP contribution in [0.25, 0.3) is 10.9 Å². The number of rotatable bonds is 3. The van der Waals surface area contributed by atoms with Gasteiger partial charge in [0.2, 0.25) is 11.8 Å². The predicted molar refractivity (Wildman–Crippen MR) is 88.7 cm³/mol. The normalized spacial score (nSPS) is 24.2. The molecule has 1 fully saturated rings. The Labute approximate surface area is 135 Å². The van der Waals surface area contributed by atoms with Gasteiger partial charge in [-0.15, -0.1) is 0 Å². The maximum Gasteiger partial charge on any atom is 0.233 e. The molecule has 0 bridgehead atoms. The number of benzene rings is 1. The number of para-hydroxylation sites is 1. The molecule has 2 heterocycles. The Bertz CT molecular complexity index is 818. The van der Waals surface area contributed by atoms with Gasteiger partial charge >= 0.3 is 0 Å². The maximum absolute atomic E-state index is 12.6. The van der Waals surface area contributed by atoms with Gasteiger partial charge in [0.15, 0.2) is 0 Å². The van der Waals surface area contributed by atoms with Crippen molar-refractivity contribution >= 4 is 22.7 Å². The summed E-state index contributed by atoms with van der Waals surface area (Å²) in [6, 6.07) is 8.11. The monoisotopic (exact) mass is 308 g/mol. The van der Waals surface area contributed by atoms with E-state index in [4.69, 9.17) is 0 Å². The number of carbonyl (C=O) groups is 2. The van der Waals surface area contributed by atoms with Crippen molar-refractivity contribution in [2.45, 2.75) is 26.2 Å². The number of likely N-dealkylation sites (tertiary alicyclic amines) is 1.